The predicted molar refractivity (Wildman–Crippen MR) is 72.3 cm³/mol. The largest absolute Gasteiger partial charge is 0.497 e. The second-order valence-electron chi connectivity index (χ2n) is 4.87. The topological polar surface area (TPSA) is 60.7 Å². The molecule has 1 unspecified atom stereocenters. The molecule has 1 saturated heterocycles. The smallest absolute Gasteiger partial charge is 0.153 e. The monoisotopic (exact) mass is 280 g/mol. The zero-order chi connectivity index (χ0) is 13.5. The summed E-state index contributed by atoms with van der Waals surface area (Å²) in [6.07, 6.45) is 5.62. The molecule has 0 aliphatic carbocycles. The summed E-state index contributed by atoms with van der Waals surface area (Å²) < 4.78 is 30.8. The lowest BCUT2D eigenvalue weighted by atomic mass is 10.2. The number of sulfone groups is 1. The molecule has 2 aromatic heterocycles. The van der Waals surface area contributed by atoms with Crippen LogP contribution in [0.2, 0.25) is 0 Å². The SMILES string of the molecule is COc1ccn2c(CC3CCCS3(=O)=O)ncc2c1. The first kappa shape index (κ1) is 12.5. The Morgan fingerprint density at radius 3 is 3.05 bits per heavy atom. The molecule has 0 amide bonds. The van der Waals surface area contributed by atoms with Gasteiger partial charge in [0.15, 0.2) is 9.84 Å². The van der Waals surface area contributed by atoms with Crippen LogP contribution in [0.15, 0.2) is 24.5 Å². The van der Waals surface area contributed by atoms with E-state index in [9.17, 15) is 8.42 Å². The zero-order valence-corrected chi connectivity index (χ0v) is 11.6. The number of aromatic nitrogens is 2. The molecule has 1 fully saturated rings. The van der Waals surface area contributed by atoms with E-state index in [1.807, 2.05) is 22.7 Å². The average molecular weight is 280 g/mol. The van der Waals surface area contributed by atoms with Gasteiger partial charge in [0, 0.05) is 18.7 Å². The number of imidazole rings is 1. The van der Waals surface area contributed by atoms with Crippen molar-refractivity contribution in [3.8, 4) is 5.75 Å². The molecule has 1 atom stereocenters. The number of rotatable bonds is 3. The van der Waals surface area contributed by atoms with Gasteiger partial charge < -0.3 is 9.14 Å². The standard InChI is InChI=1S/C13H16N2O3S/c1-18-11-4-5-15-10(7-11)9-14-13(15)8-12-3-2-6-19(12,16)17/h4-5,7,9,12H,2-3,6,8H2,1H3. The Hall–Kier alpha value is -1.56. The van der Waals surface area contributed by atoms with Crippen molar-refractivity contribution in [3.05, 3.63) is 30.4 Å². The molecular formula is C13H16N2O3S. The molecule has 0 N–H and O–H groups in total. The molecule has 0 spiro atoms. The Morgan fingerprint density at radius 1 is 1.53 bits per heavy atom. The number of methoxy groups -OCH3 is 1. The van der Waals surface area contributed by atoms with Gasteiger partial charge in [-0.15, -0.1) is 0 Å². The van der Waals surface area contributed by atoms with E-state index in [2.05, 4.69) is 4.98 Å². The molecule has 0 aromatic carbocycles. The maximum atomic E-state index is 11.9. The van der Waals surface area contributed by atoms with Crippen molar-refractivity contribution >= 4 is 15.4 Å². The Kier molecular flexibility index (Phi) is 2.97. The van der Waals surface area contributed by atoms with Crippen LogP contribution < -0.4 is 4.74 Å². The lowest BCUT2D eigenvalue weighted by Gasteiger charge is -2.08. The highest BCUT2D eigenvalue weighted by molar-refractivity contribution is 7.92. The van der Waals surface area contributed by atoms with Gasteiger partial charge in [-0.1, -0.05) is 0 Å². The van der Waals surface area contributed by atoms with Crippen LogP contribution in [0.3, 0.4) is 0 Å². The second kappa shape index (κ2) is 4.52. The minimum atomic E-state index is -2.92. The number of hydrogen-bond donors (Lipinski definition) is 0. The van der Waals surface area contributed by atoms with Crippen LogP contribution in [0.1, 0.15) is 18.7 Å². The van der Waals surface area contributed by atoms with Crippen LogP contribution in [0, 0.1) is 0 Å². The Bertz CT molecular complexity index is 706. The van der Waals surface area contributed by atoms with Gasteiger partial charge in [-0.2, -0.15) is 0 Å². The number of nitrogens with zero attached hydrogens (tertiary/aromatic N) is 2. The minimum absolute atomic E-state index is 0.278. The third-order valence-electron chi connectivity index (χ3n) is 3.69. The van der Waals surface area contributed by atoms with E-state index in [0.717, 1.165) is 29.9 Å². The first-order valence-corrected chi connectivity index (χ1v) is 8.03. The first-order chi connectivity index (χ1) is 9.10. The van der Waals surface area contributed by atoms with Crippen LogP contribution in [0.25, 0.3) is 5.52 Å². The van der Waals surface area contributed by atoms with Crippen LogP contribution in [0.4, 0.5) is 0 Å². The first-order valence-electron chi connectivity index (χ1n) is 6.32. The van der Waals surface area contributed by atoms with E-state index in [1.54, 1.807) is 13.3 Å². The lowest BCUT2D eigenvalue weighted by Crippen LogP contribution is -2.19. The molecule has 1 aliphatic heterocycles. The van der Waals surface area contributed by atoms with Crippen molar-refractivity contribution in [1.82, 2.24) is 9.38 Å². The van der Waals surface area contributed by atoms with E-state index in [-0.39, 0.29) is 5.25 Å². The Morgan fingerprint density at radius 2 is 2.37 bits per heavy atom. The number of hydrogen-bond acceptors (Lipinski definition) is 4. The summed E-state index contributed by atoms with van der Waals surface area (Å²) in [4.78, 5) is 4.34. The Balaban J connectivity index is 1.94. The quantitative estimate of drug-likeness (QED) is 0.854. The van der Waals surface area contributed by atoms with Crippen molar-refractivity contribution in [2.75, 3.05) is 12.9 Å². The van der Waals surface area contributed by atoms with Crippen molar-refractivity contribution in [2.45, 2.75) is 24.5 Å². The molecule has 102 valence electrons. The van der Waals surface area contributed by atoms with Crippen LogP contribution >= 0.6 is 0 Å². The molecule has 0 saturated carbocycles. The third-order valence-corrected chi connectivity index (χ3v) is 5.96. The van der Waals surface area contributed by atoms with Crippen molar-refractivity contribution in [3.63, 3.8) is 0 Å². The van der Waals surface area contributed by atoms with Crippen LogP contribution in [-0.2, 0) is 16.3 Å². The van der Waals surface area contributed by atoms with Gasteiger partial charge in [0.2, 0.25) is 0 Å². The molecule has 19 heavy (non-hydrogen) atoms. The number of pyridine rings is 1. The molecule has 0 bridgehead atoms. The maximum Gasteiger partial charge on any atom is 0.153 e. The van der Waals surface area contributed by atoms with Gasteiger partial charge in [-0.05, 0) is 18.9 Å². The minimum Gasteiger partial charge on any atom is -0.497 e. The van der Waals surface area contributed by atoms with Gasteiger partial charge in [-0.25, -0.2) is 13.4 Å². The highest BCUT2D eigenvalue weighted by atomic mass is 32.2. The highest BCUT2D eigenvalue weighted by Gasteiger charge is 2.32. The maximum absolute atomic E-state index is 11.9. The summed E-state index contributed by atoms with van der Waals surface area (Å²) in [5.41, 5.74) is 0.921. The molecule has 3 heterocycles. The average Bonchev–Trinajstić information content (AvgIpc) is 2.94. The van der Waals surface area contributed by atoms with Gasteiger partial charge >= 0.3 is 0 Å². The van der Waals surface area contributed by atoms with E-state index in [4.69, 9.17) is 4.74 Å². The molecule has 2 aromatic rings. The van der Waals surface area contributed by atoms with Gasteiger partial charge in [0.05, 0.1) is 29.8 Å². The van der Waals surface area contributed by atoms with E-state index < -0.39 is 9.84 Å². The summed E-state index contributed by atoms with van der Waals surface area (Å²) >= 11 is 0. The fraction of sp³-hybridized carbons (Fsp3) is 0.462. The van der Waals surface area contributed by atoms with Crippen molar-refractivity contribution in [1.29, 1.82) is 0 Å². The van der Waals surface area contributed by atoms with E-state index in [1.165, 1.54) is 0 Å². The number of ether oxygens (including phenoxy) is 1. The molecule has 6 heteroatoms. The van der Waals surface area contributed by atoms with Gasteiger partial charge in [0.1, 0.15) is 11.6 Å². The fourth-order valence-electron chi connectivity index (χ4n) is 2.60. The fourth-order valence-corrected chi connectivity index (χ4v) is 4.44. The van der Waals surface area contributed by atoms with Gasteiger partial charge in [-0.3, -0.25) is 0 Å². The van der Waals surface area contributed by atoms with E-state index in [0.29, 0.717) is 12.2 Å². The Labute approximate surface area is 112 Å². The van der Waals surface area contributed by atoms with Gasteiger partial charge in [0.25, 0.3) is 0 Å². The summed E-state index contributed by atoms with van der Waals surface area (Å²) in [6.45, 7) is 0. The zero-order valence-electron chi connectivity index (χ0n) is 10.7. The predicted octanol–water partition coefficient (Wildman–Crippen LogP) is 1.46. The molecular weight excluding hydrogens is 264 g/mol. The number of fused-ring (bicyclic) bond motifs is 1. The summed E-state index contributed by atoms with van der Waals surface area (Å²) in [5.74, 6) is 1.88. The molecule has 1 aliphatic rings. The van der Waals surface area contributed by atoms with Crippen molar-refractivity contribution in [2.24, 2.45) is 0 Å². The van der Waals surface area contributed by atoms with Crippen LogP contribution in [-0.4, -0.2) is 35.9 Å². The van der Waals surface area contributed by atoms with Crippen LogP contribution in [0.5, 0.6) is 5.75 Å². The summed E-state index contributed by atoms with van der Waals surface area (Å²) in [7, 11) is -1.30. The van der Waals surface area contributed by atoms with Crippen molar-refractivity contribution < 1.29 is 13.2 Å². The summed E-state index contributed by atoms with van der Waals surface area (Å²) in [6, 6.07) is 3.74. The highest BCUT2D eigenvalue weighted by Crippen LogP contribution is 2.24. The molecule has 0 radical (unpaired) electrons. The third kappa shape index (κ3) is 2.20. The summed E-state index contributed by atoms with van der Waals surface area (Å²) in [5, 5.41) is -0.278. The lowest BCUT2D eigenvalue weighted by molar-refractivity contribution is 0.414. The molecule has 5 nitrogen and oxygen atoms in total. The van der Waals surface area contributed by atoms with E-state index >= 15 is 0 Å². The normalized spacial score (nSPS) is 21.8. The molecule has 3 rings (SSSR count). The second-order valence-corrected chi connectivity index (χ2v) is 7.27.